The van der Waals surface area contributed by atoms with Gasteiger partial charge in [-0.3, -0.25) is 4.79 Å². The van der Waals surface area contributed by atoms with Crippen molar-refractivity contribution in [2.75, 3.05) is 32.1 Å². The molecule has 0 aliphatic heterocycles. The molecule has 3 aromatic carbocycles. The maximum atomic E-state index is 13.2. The van der Waals surface area contributed by atoms with Crippen LogP contribution in [0, 0.1) is 6.92 Å². The minimum atomic E-state index is -3.90. The number of amides is 1. The van der Waals surface area contributed by atoms with Gasteiger partial charge in [0.05, 0.1) is 24.5 Å². The van der Waals surface area contributed by atoms with Crippen LogP contribution >= 0.6 is 0 Å². The first-order chi connectivity index (χ1) is 18.4. The van der Waals surface area contributed by atoms with Gasteiger partial charge in [0, 0.05) is 30.7 Å². The van der Waals surface area contributed by atoms with Crippen molar-refractivity contribution in [3.63, 3.8) is 0 Å². The van der Waals surface area contributed by atoms with E-state index in [9.17, 15) is 13.2 Å². The molecular formula is C29H30N4O4S. The fourth-order valence-electron chi connectivity index (χ4n) is 3.75. The van der Waals surface area contributed by atoms with Gasteiger partial charge >= 0.3 is 0 Å². The minimum absolute atomic E-state index is 0.0257. The molecule has 1 aromatic heterocycles. The molecule has 4 aromatic rings. The summed E-state index contributed by atoms with van der Waals surface area (Å²) >= 11 is 0. The molecule has 8 nitrogen and oxygen atoms in total. The van der Waals surface area contributed by atoms with E-state index in [2.05, 4.69) is 5.32 Å². The average Bonchev–Trinajstić information content (AvgIpc) is 3.35. The Morgan fingerprint density at radius 3 is 2.32 bits per heavy atom. The number of methoxy groups -OCH3 is 1. The lowest BCUT2D eigenvalue weighted by atomic mass is 10.1. The topological polar surface area (TPSA) is 93.5 Å². The van der Waals surface area contributed by atoms with Crippen LogP contribution in [0.5, 0.6) is 0 Å². The van der Waals surface area contributed by atoms with E-state index >= 15 is 0 Å². The highest BCUT2D eigenvalue weighted by molar-refractivity contribution is 7.92. The lowest BCUT2D eigenvalue weighted by Crippen LogP contribution is -2.39. The molecule has 9 heteroatoms. The van der Waals surface area contributed by atoms with Crippen molar-refractivity contribution >= 4 is 27.8 Å². The summed E-state index contributed by atoms with van der Waals surface area (Å²) in [6.07, 6.45) is 1.51. The molecule has 1 N–H and O–H groups in total. The number of aromatic nitrogens is 2. The third-order valence-electron chi connectivity index (χ3n) is 5.78. The van der Waals surface area contributed by atoms with Gasteiger partial charge in [-0.1, -0.05) is 78.4 Å². The summed E-state index contributed by atoms with van der Waals surface area (Å²) in [5.41, 5.74) is 4.17. The molecule has 1 amide bonds. The molecule has 4 rings (SSSR count). The summed E-state index contributed by atoms with van der Waals surface area (Å²) in [5.74, 6) is -0.0627. The summed E-state index contributed by atoms with van der Waals surface area (Å²) in [5, 5.41) is 8.68. The minimum Gasteiger partial charge on any atom is -0.383 e. The van der Waals surface area contributed by atoms with Gasteiger partial charge in [0.2, 0.25) is 15.9 Å². The number of rotatable bonds is 11. The van der Waals surface area contributed by atoms with Gasteiger partial charge in [0.25, 0.3) is 0 Å². The largest absolute Gasteiger partial charge is 0.383 e. The van der Waals surface area contributed by atoms with E-state index in [4.69, 9.17) is 9.84 Å². The molecule has 0 fully saturated rings. The first kappa shape index (κ1) is 27.0. The molecule has 0 unspecified atom stereocenters. The molecule has 0 saturated carbocycles. The van der Waals surface area contributed by atoms with Gasteiger partial charge in [0.15, 0.2) is 0 Å². The molecule has 0 spiro atoms. The van der Waals surface area contributed by atoms with E-state index in [0.717, 1.165) is 32.1 Å². The van der Waals surface area contributed by atoms with E-state index in [0.29, 0.717) is 11.5 Å². The number of hydrogen-bond acceptors (Lipinski definition) is 5. The second kappa shape index (κ2) is 12.5. The molecule has 0 aliphatic carbocycles. The molecule has 0 atom stereocenters. The molecule has 196 valence electrons. The summed E-state index contributed by atoms with van der Waals surface area (Å²) in [4.78, 5) is 13.2. The Labute approximate surface area is 223 Å². The second-order valence-electron chi connectivity index (χ2n) is 8.66. The number of benzene rings is 3. The third-order valence-corrected chi connectivity index (χ3v) is 7.29. The van der Waals surface area contributed by atoms with E-state index < -0.39 is 15.9 Å². The van der Waals surface area contributed by atoms with Gasteiger partial charge in [-0.05, 0) is 30.7 Å². The van der Waals surface area contributed by atoms with Crippen molar-refractivity contribution in [3.05, 3.63) is 108 Å². The summed E-state index contributed by atoms with van der Waals surface area (Å²) in [7, 11) is -2.41. The number of carbonyl (C=O) groups excluding carboxylic acids is 1. The first-order valence-corrected chi connectivity index (χ1v) is 13.6. The first-order valence-electron chi connectivity index (χ1n) is 12.1. The van der Waals surface area contributed by atoms with Crippen LogP contribution in [0.3, 0.4) is 0 Å². The Morgan fingerprint density at radius 2 is 1.66 bits per heavy atom. The normalized spacial score (nSPS) is 11.8. The molecule has 0 bridgehead atoms. The lowest BCUT2D eigenvalue weighted by molar-refractivity contribution is -0.116. The van der Waals surface area contributed by atoms with Crippen LogP contribution in [-0.2, 0) is 19.6 Å². The lowest BCUT2D eigenvalue weighted by Gasteiger charge is -2.19. The van der Waals surface area contributed by atoms with Crippen molar-refractivity contribution in [2.45, 2.75) is 6.92 Å². The molecular weight excluding hydrogens is 500 g/mol. The maximum absolute atomic E-state index is 13.2. The third kappa shape index (κ3) is 7.04. The van der Waals surface area contributed by atoms with Crippen LogP contribution in [0.2, 0.25) is 0 Å². The van der Waals surface area contributed by atoms with E-state index in [-0.39, 0.29) is 19.7 Å². The number of nitrogens with one attached hydrogen (secondary N) is 1. The monoisotopic (exact) mass is 530 g/mol. The Kier molecular flexibility index (Phi) is 8.85. The standard InChI is InChI=1S/C29H30N4O4S/c1-23-13-15-26(16-14-23)33-28(21-27(31-33)25-11-7-4-8-12-25)30-29(34)22-32(18-19-37-2)38(35,36)20-17-24-9-5-3-6-10-24/h3-17,20-21H,18-19,22H2,1-2H3,(H,30,34). The Bertz CT molecular complexity index is 1480. The fraction of sp³-hybridized carbons (Fsp3) is 0.172. The predicted molar refractivity (Wildman–Crippen MR) is 150 cm³/mol. The zero-order valence-corrected chi connectivity index (χ0v) is 22.1. The van der Waals surface area contributed by atoms with E-state index in [1.54, 1.807) is 22.9 Å². The number of carbonyl (C=O) groups is 1. The second-order valence-corrected chi connectivity index (χ2v) is 10.5. The van der Waals surface area contributed by atoms with Gasteiger partial charge in [-0.2, -0.15) is 9.40 Å². The van der Waals surface area contributed by atoms with Crippen LogP contribution in [0.4, 0.5) is 5.82 Å². The van der Waals surface area contributed by atoms with Crippen LogP contribution in [0.15, 0.2) is 96.4 Å². The van der Waals surface area contributed by atoms with Crippen molar-refractivity contribution < 1.29 is 17.9 Å². The number of hydrogen-bond donors (Lipinski definition) is 1. The summed E-state index contributed by atoms with van der Waals surface area (Å²) in [6, 6.07) is 28.2. The molecule has 1 heterocycles. The van der Waals surface area contributed by atoms with Crippen LogP contribution in [-0.4, -0.2) is 55.2 Å². The quantitative estimate of drug-likeness (QED) is 0.303. The fourth-order valence-corrected chi connectivity index (χ4v) is 4.88. The van der Waals surface area contributed by atoms with Gasteiger partial charge < -0.3 is 10.1 Å². The van der Waals surface area contributed by atoms with E-state index in [1.807, 2.05) is 79.7 Å². The smallest absolute Gasteiger partial charge is 0.240 e. The van der Waals surface area contributed by atoms with Crippen LogP contribution < -0.4 is 5.32 Å². The van der Waals surface area contributed by atoms with E-state index in [1.165, 1.54) is 13.2 Å². The van der Waals surface area contributed by atoms with Crippen molar-refractivity contribution in [3.8, 4) is 16.9 Å². The number of ether oxygens (including phenoxy) is 1. The summed E-state index contributed by atoms with van der Waals surface area (Å²) in [6.45, 7) is 1.78. The van der Waals surface area contributed by atoms with Crippen LogP contribution in [0.25, 0.3) is 23.0 Å². The predicted octanol–water partition coefficient (Wildman–Crippen LogP) is 4.74. The van der Waals surface area contributed by atoms with Crippen molar-refractivity contribution in [1.82, 2.24) is 14.1 Å². The maximum Gasteiger partial charge on any atom is 0.240 e. The molecule has 0 aliphatic rings. The highest BCUT2D eigenvalue weighted by Crippen LogP contribution is 2.25. The number of nitrogens with zero attached hydrogens (tertiary/aromatic N) is 3. The zero-order chi connectivity index (χ0) is 27.0. The van der Waals surface area contributed by atoms with Crippen molar-refractivity contribution in [1.29, 1.82) is 0 Å². The highest BCUT2D eigenvalue weighted by atomic mass is 32.2. The molecule has 0 saturated heterocycles. The zero-order valence-electron chi connectivity index (χ0n) is 21.3. The summed E-state index contributed by atoms with van der Waals surface area (Å²) < 4.78 is 34.0. The Balaban J connectivity index is 1.59. The Morgan fingerprint density at radius 1 is 1.00 bits per heavy atom. The number of aryl methyl sites for hydroxylation is 1. The van der Waals surface area contributed by atoms with Gasteiger partial charge in [0.1, 0.15) is 5.82 Å². The highest BCUT2D eigenvalue weighted by Gasteiger charge is 2.23. The molecule has 38 heavy (non-hydrogen) atoms. The van der Waals surface area contributed by atoms with Crippen molar-refractivity contribution in [2.24, 2.45) is 0 Å². The Hall–Kier alpha value is -4.05. The number of sulfonamides is 1. The average molecular weight is 531 g/mol. The van der Waals surface area contributed by atoms with Gasteiger partial charge in [-0.25, -0.2) is 13.1 Å². The number of anilines is 1. The SMILES string of the molecule is COCCN(CC(=O)Nc1cc(-c2ccccc2)nn1-c1ccc(C)cc1)S(=O)(=O)C=Cc1ccccc1. The van der Waals surface area contributed by atoms with Crippen LogP contribution in [0.1, 0.15) is 11.1 Å². The van der Waals surface area contributed by atoms with Gasteiger partial charge in [-0.15, -0.1) is 0 Å². The molecule has 0 radical (unpaired) electrons.